The lowest BCUT2D eigenvalue weighted by molar-refractivity contribution is 0.670. The van der Waals surface area contributed by atoms with E-state index in [1.165, 1.54) is 20.2 Å². The molecule has 0 bridgehead atoms. The number of para-hydroxylation sites is 2. The highest BCUT2D eigenvalue weighted by atomic mass is 32.1. The smallest absolute Gasteiger partial charge is 0.161 e. The summed E-state index contributed by atoms with van der Waals surface area (Å²) in [5.41, 5.74) is 11.1. The SMILES string of the molecule is c1ccc(-c2ccccc2-c2nc(-c3ccc(-c4cccc5c4oc4ccccc45)cc3)cc(-c3cccc4c3sc3ccccc34)n2)cc1. The van der Waals surface area contributed by atoms with Crippen LogP contribution in [-0.2, 0) is 0 Å². The third-order valence-electron chi connectivity index (χ3n) is 9.56. The number of aromatic nitrogens is 2. The van der Waals surface area contributed by atoms with Crippen molar-refractivity contribution in [2.24, 2.45) is 0 Å². The molecule has 0 aliphatic rings. The van der Waals surface area contributed by atoms with E-state index in [4.69, 9.17) is 14.4 Å². The van der Waals surface area contributed by atoms with Crippen LogP contribution in [0.3, 0.4) is 0 Å². The van der Waals surface area contributed by atoms with Crippen molar-refractivity contribution in [2.75, 3.05) is 0 Å². The van der Waals surface area contributed by atoms with Gasteiger partial charge in [0, 0.05) is 53.2 Å². The average molecular weight is 657 g/mol. The summed E-state index contributed by atoms with van der Waals surface area (Å²) in [6.07, 6.45) is 0. The van der Waals surface area contributed by atoms with Gasteiger partial charge in [0.2, 0.25) is 0 Å². The van der Waals surface area contributed by atoms with Crippen LogP contribution in [0.15, 0.2) is 174 Å². The normalized spacial score (nSPS) is 11.6. The molecular formula is C46H28N2OS. The Morgan fingerprint density at radius 3 is 1.86 bits per heavy atom. The Kier molecular flexibility index (Phi) is 6.68. The van der Waals surface area contributed by atoms with Crippen LogP contribution in [0.4, 0.5) is 0 Å². The monoisotopic (exact) mass is 656 g/mol. The zero-order valence-corrected chi connectivity index (χ0v) is 27.7. The predicted molar refractivity (Wildman–Crippen MR) is 209 cm³/mol. The number of nitrogens with zero attached hydrogens (tertiary/aromatic N) is 2. The van der Waals surface area contributed by atoms with E-state index < -0.39 is 0 Å². The Morgan fingerprint density at radius 2 is 1.00 bits per heavy atom. The lowest BCUT2D eigenvalue weighted by Crippen LogP contribution is -1.97. The molecular weight excluding hydrogens is 629 g/mol. The second-order valence-corrected chi connectivity index (χ2v) is 13.6. The second kappa shape index (κ2) is 11.7. The van der Waals surface area contributed by atoms with Gasteiger partial charge in [-0.3, -0.25) is 0 Å². The molecule has 3 aromatic heterocycles. The summed E-state index contributed by atoms with van der Waals surface area (Å²) in [5.74, 6) is 0.700. The molecule has 0 N–H and O–H groups in total. The van der Waals surface area contributed by atoms with Gasteiger partial charge in [0.05, 0.1) is 11.4 Å². The first-order valence-corrected chi connectivity index (χ1v) is 17.6. The summed E-state index contributed by atoms with van der Waals surface area (Å²) in [6.45, 7) is 0. The standard InChI is InChI=1S/C46H28N2OS/c1-2-12-29(13-3-1)32-14-4-5-17-38(32)46-47-40(28-41(48-46)39-21-11-20-37-35-16-7-9-23-43(35)50-45(37)39)31-26-24-30(25-27-31)33-18-10-19-36-34-15-6-8-22-42(34)49-44(33)36/h1-28H. The largest absolute Gasteiger partial charge is 0.455 e. The Bertz CT molecular complexity index is 2870. The number of rotatable bonds is 5. The first kappa shape index (κ1) is 28.6. The van der Waals surface area contributed by atoms with Crippen LogP contribution in [0.2, 0.25) is 0 Å². The molecule has 0 saturated carbocycles. The number of furan rings is 1. The first-order valence-electron chi connectivity index (χ1n) is 16.7. The summed E-state index contributed by atoms with van der Waals surface area (Å²) >= 11 is 1.82. The van der Waals surface area contributed by atoms with E-state index in [1.54, 1.807) is 0 Å². The lowest BCUT2D eigenvalue weighted by Gasteiger charge is -2.13. The topological polar surface area (TPSA) is 38.9 Å². The summed E-state index contributed by atoms with van der Waals surface area (Å²) in [5, 5.41) is 4.78. The maximum atomic E-state index is 6.37. The molecule has 4 heteroatoms. The molecule has 0 unspecified atom stereocenters. The van der Waals surface area contributed by atoms with Crippen molar-refractivity contribution in [3.8, 4) is 56.2 Å². The van der Waals surface area contributed by atoms with Crippen molar-refractivity contribution in [3.05, 3.63) is 170 Å². The third kappa shape index (κ3) is 4.73. The van der Waals surface area contributed by atoms with Crippen LogP contribution in [0, 0.1) is 0 Å². The minimum atomic E-state index is 0.700. The fraction of sp³-hybridized carbons (Fsp3) is 0. The number of thiophene rings is 1. The lowest BCUT2D eigenvalue weighted by atomic mass is 9.98. The molecule has 0 radical (unpaired) electrons. The maximum Gasteiger partial charge on any atom is 0.161 e. The molecule has 3 nitrogen and oxygen atoms in total. The van der Waals surface area contributed by atoms with E-state index in [-0.39, 0.29) is 0 Å². The molecule has 0 saturated heterocycles. The molecule has 0 aliphatic heterocycles. The van der Waals surface area contributed by atoms with Gasteiger partial charge in [0.1, 0.15) is 11.2 Å². The molecule has 3 heterocycles. The van der Waals surface area contributed by atoms with E-state index in [0.29, 0.717) is 5.82 Å². The Balaban J connectivity index is 1.15. The van der Waals surface area contributed by atoms with E-state index >= 15 is 0 Å². The molecule has 0 amide bonds. The molecule has 0 atom stereocenters. The summed E-state index contributed by atoms with van der Waals surface area (Å²) in [4.78, 5) is 10.6. The van der Waals surface area contributed by atoms with Crippen molar-refractivity contribution in [1.82, 2.24) is 9.97 Å². The van der Waals surface area contributed by atoms with E-state index in [9.17, 15) is 0 Å². The predicted octanol–water partition coefficient (Wildman–Crippen LogP) is 13.1. The third-order valence-corrected chi connectivity index (χ3v) is 10.8. The van der Waals surface area contributed by atoms with Crippen molar-refractivity contribution in [2.45, 2.75) is 0 Å². The molecule has 234 valence electrons. The van der Waals surface area contributed by atoms with E-state index in [0.717, 1.165) is 72.3 Å². The van der Waals surface area contributed by atoms with Gasteiger partial charge < -0.3 is 4.42 Å². The molecule has 0 aliphatic carbocycles. The van der Waals surface area contributed by atoms with Gasteiger partial charge in [-0.1, -0.05) is 152 Å². The highest BCUT2D eigenvalue weighted by Gasteiger charge is 2.18. The molecule has 0 spiro atoms. The minimum Gasteiger partial charge on any atom is -0.455 e. The summed E-state index contributed by atoms with van der Waals surface area (Å²) in [7, 11) is 0. The number of benzene rings is 7. The zero-order chi connectivity index (χ0) is 33.0. The molecule has 50 heavy (non-hydrogen) atoms. The van der Waals surface area contributed by atoms with Crippen LogP contribution in [0.25, 0.3) is 98.3 Å². The van der Waals surface area contributed by atoms with Gasteiger partial charge in [0.15, 0.2) is 5.82 Å². The van der Waals surface area contributed by atoms with Gasteiger partial charge >= 0.3 is 0 Å². The van der Waals surface area contributed by atoms with Crippen molar-refractivity contribution >= 4 is 53.4 Å². The van der Waals surface area contributed by atoms with Crippen LogP contribution >= 0.6 is 11.3 Å². The van der Waals surface area contributed by atoms with E-state index in [1.807, 2.05) is 29.5 Å². The average Bonchev–Trinajstić information content (AvgIpc) is 3.77. The van der Waals surface area contributed by atoms with Gasteiger partial charge in [-0.15, -0.1) is 11.3 Å². The van der Waals surface area contributed by atoms with Gasteiger partial charge in [-0.25, -0.2) is 9.97 Å². The Hall–Kier alpha value is -6.36. The van der Waals surface area contributed by atoms with Crippen molar-refractivity contribution in [1.29, 1.82) is 0 Å². The van der Waals surface area contributed by atoms with Crippen LogP contribution in [-0.4, -0.2) is 9.97 Å². The molecule has 10 aromatic rings. The van der Waals surface area contributed by atoms with Crippen LogP contribution < -0.4 is 0 Å². The van der Waals surface area contributed by atoms with Crippen molar-refractivity contribution < 1.29 is 4.42 Å². The maximum absolute atomic E-state index is 6.37. The quantitative estimate of drug-likeness (QED) is 0.185. The highest BCUT2D eigenvalue weighted by Crippen LogP contribution is 2.42. The number of fused-ring (bicyclic) bond motifs is 6. The number of hydrogen-bond donors (Lipinski definition) is 0. The summed E-state index contributed by atoms with van der Waals surface area (Å²) < 4.78 is 8.87. The second-order valence-electron chi connectivity index (χ2n) is 12.5. The van der Waals surface area contributed by atoms with Crippen molar-refractivity contribution in [3.63, 3.8) is 0 Å². The van der Waals surface area contributed by atoms with Gasteiger partial charge in [-0.05, 0) is 34.9 Å². The van der Waals surface area contributed by atoms with E-state index in [2.05, 4.69) is 152 Å². The molecule has 10 rings (SSSR count). The number of hydrogen-bond acceptors (Lipinski definition) is 4. The first-order chi connectivity index (χ1) is 24.8. The van der Waals surface area contributed by atoms with Crippen LogP contribution in [0.5, 0.6) is 0 Å². The summed E-state index contributed by atoms with van der Waals surface area (Å²) in [6, 6.07) is 59.5. The van der Waals surface area contributed by atoms with Gasteiger partial charge in [0.25, 0.3) is 0 Å². The van der Waals surface area contributed by atoms with Crippen LogP contribution in [0.1, 0.15) is 0 Å². The molecule has 7 aromatic carbocycles. The Morgan fingerprint density at radius 1 is 0.400 bits per heavy atom. The minimum absolute atomic E-state index is 0.700. The van der Waals surface area contributed by atoms with Gasteiger partial charge in [-0.2, -0.15) is 0 Å². The Labute approximate surface area is 292 Å². The fourth-order valence-electron chi connectivity index (χ4n) is 7.15. The zero-order valence-electron chi connectivity index (χ0n) is 26.9. The molecule has 0 fully saturated rings. The fourth-order valence-corrected chi connectivity index (χ4v) is 8.37. The highest BCUT2D eigenvalue weighted by molar-refractivity contribution is 7.26.